The fraction of sp³-hybridized carbons (Fsp3) is 0. The molecule has 0 spiro atoms. The third-order valence-corrected chi connectivity index (χ3v) is 5.38. The second kappa shape index (κ2) is 7.15. The maximum absolute atomic E-state index is 12.3. The van der Waals surface area contributed by atoms with Crippen molar-refractivity contribution in [2.45, 2.75) is 4.90 Å². The van der Waals surface area contributed by atoms with Crippen LogP contribution in [0.2, 0.25) is 0 Å². The Bertz CT molecular complexity index is 996. The van der Waals surface area contributed by atoms with Crippen molar-refractivity contribution in [2.24, 2.45) is 0 Å². The van der Waals surface area contributed by atoms with E-state index < -0.39 is 0 Å². The normalized spacial score (nSPS) is 14.2. The zero-order valence-electron chi connectivity index (χ0n) is 13.4. The number of amides is 1. The number of nitrogens with one attached hydrogen (secondary N) is 2. The summed E-state index contributed by atoms with van der Waals surface area (Å²) in [5, 5.41) is 5.56. The molecule has 2 N–H and O–H groups in total. The van der Waals surface area contributed by atoms with Gasteiger partial charge < -0.3 is 10.0 Å². The van der Waals surface area contributed by atoms with Gasteiger partial charge in [-0.25, -0.2) is 4.98 Å². The van der Waals surface area contributed by atoms with Gasteiger partial charge in [0, 0.05) is 39.0 Å². The van der Waals surface area contributed by atoms with Gasteiger partial charge in [-0.3, -0.25) is 9.59 Å². The minimum atomic E-state index is -0.116. The van der Waals surface area contributed by atoms with Gasteiger partial charge in [0.1, 0.15) is 11.3 Å². The molecule has 0 atom stereocenters. The number of anilines is 2. The number of aldehydes is 1. The molecule has 0 fully saturated rings. The van der Waals surface area contributed by atoms with Crippen molar-refractivity contribution in [1.29, 1.82) is 0 Å². The van der Waals surface area contributed by atoms with Crippen LogP contribution in [0.3, 0.4) is 0 Å². The molecule has 0 radical (unpaired) electrons. The van der Waals surface area contributed by atoms with Gasteiger partial charge in [-0.05, 0) is 60.5 Å². The largest absolute Gasteiger partial charge is 0.326 e. The highest BCUT2D eigenvalue weighted by atomic mass is 32.2. The van der Waals surface area contributed by atoms with E-state index in [-0.39, 0.29) is 5.91 Å². The number of hydrogen-bond acceptors (Lipinski definition) is 6. The quantitative estimate of drug-likeness (QED) is 0.386. The molecule has 0 aliphatic carbocycles. The average Bonchev–Trinajstić information content (AvgIpc) is 3.29. The number of aromatic nitrogens is 1. The van der Waals surface area contributed by atoms with Crippen LogP contribution in [-0.4, -0.2) is 17.2 Å². The molecule has 7 heteroatoms. The van der Waals surface area contributed by atoms with Crippen molar-refractivity contribution in [2.75, 3.05) is 10.0 Å². The Hall–Kier alpha value is -2.90. The first-order valence-electron chi connectivity index (χ1n) is 7.78. The second-order valence-corrected chi connectivity index (χ2v) is 7.34. The summed E-state index contributed by atoms with van der Waals surface area (Å²) in [4.78, 5) is 28.2. The van der Waals surface area contributed by atoms with Crippen molar-refractivity contribution >= 4 is 58.5 Å². The highest BCUT2D eigenvalue weighted by Gasteiger charge is 2.24. The first-order valence-corrected chi connectivity index (χ1v) is 9.47. The summed E-state index contributed by atoms with van der Waals surface area (Å²) in [5.74, 6) is -0.116. The topological polar surface area (TPSA) is 71.1 Å². The number of benzene rings is 2. The Morgan fingerprint density at radius 2 is 2.00 bits per heavy atom. The predicted molar refractivity (Wildman–Crippen MR) is 106 cm³/mol. The molecule has 0 saturated carbocycles. The summed E-state index contributed by atoms with van der Waals surface area (Å²) in [6.07, 6.45) is 4.35. The minimum absolute atomic E-state index is 0.116. The van der Waals surface area contributed by atoms with Crippen molar-refractivity contribution < 1.29 is 9.59 Å². The van der Waals surface area contributed by atoms with E-state index in [1.165, 1.54) is 23.3 Å². The Labute approximate surface area is 158 Å². The fourth-order valence-corrected chi connectivity index (χ4v) is 3.80. The fourth-order valence-electron chi connectivity index (χ4n) is 2.55. The summed E-state index contributed by atoms with van der Waals surface area (Å²) in [6, 6.07) is 13.0. The van der Waals surface area contributed by atoms with E-state index in [0.29, 0.717) is 11.1 Å². The summed E-state index contributed by atoms with van der Waals surface area (Å²) < 4.78 is 3.24. The molecule has 128 valence electrons. The van der Waals surface area contributed by atoms with E-state index in [1.54, 1.807) is 18.3 Å². The molecule has 1 aromatic heterocycles. The number of hydrogen-bond donors (Lipinski definition) is 2. The van der Waals surface area contributed by atoms with E-state index in [0.717, 1.165) is 33.1 Å². The summed E-state index contributed by atoms with van der Waals surface area (Å²) >= 11 is 2.94. The van der Waals surface area contributed by atoms with E-state index >= 15 is 0 Å². The van der Waals surface area contributed by atoms with Crippen LogP contribution in [0.15, 0.2) is 58.9 Å². The Kier molecular flexibility index (Phi) is 4.55. The molecule has 5 nitrogen and oxygen atoms in total. The predicted octanol–water partition coefficient (Wildman–Crippen LogP) is 4.57. The lowest BCUT2D eigenvalue weighted by molar-refractivity contribution is -0.110. The number of carbonyl (C=O) groups excluding carboxylic acids is 2. The van der Waals surface area contributed by atoms with Gasteiger partial charge in [0.25, 0.3) is 5.91 Å². The smallest absolute Gasteiger partial charge is 0.256 e. The van der Waals surface area contributed by atoms with E-state index in [9.17, 15) is 9.59 Å². The van der Waals surface area contributed by atoms with Crippen LogP contribution >= 0.6 is 23.3 Å². The third kappa shape index (κ3) is 3.40. The molecule has 1 amide bonds. The molecule has 1 aliphatic rings. The van der Waals surface area contributed by atoms with Crippen LogP contribution in [0.25, 0.3) is 11.6 Å². The van der Waals surface area contributed by atoms with Gasteiger partial charge in [-0.2, -0.15) is 0 Å². The zero-order valence-corrected chi connectivity index (χ0v) is 15.1. The molecule has 26 heavy (non-hydrogen) atoms. The zero-order chi connectivity index (χ0) is 17.9. The molecule has 3 aromatic rings. The average molecular weight is 379 g/mol. The van der Waals surface area contributed by atoms with Crippen LogP contribution < -0.4 is 10.0 Å². The van der Waals surface area contributed by atoms with E-state index in [1.807, 2.05) is 41.8 Å². The van der Waals surface area contributed by atoms with Gasteiger partial charge in [0.15, 0.2) is 0 Å². The number of fused-ring (bicyclic) bond motifs is 1. The minimum Gasteiger partial charge on any atom is -0.326 e. The lowest BCUT2D eigenvalue weighted by Crippen LogP contribution is -2.03. The summed E-state index contributed by atoms with van der Waals surface area (Å²) in [6.45, 7) is 0. The van der Waals surface area contributed by atoms with Crippen LogP contribution in [0.4, 0.5) is 11.4 Å². The van der Waals surface area contributed by atoms with Crippen molar-refractivity contribution in [1.82, 2.24) is 4.98 Å². The molecule has 0 saturated heterocycles. The highest BCUT2D eigenvalue weighted by Crippen LogP contribution is 2.36. The first-order chi connectivity index (χ1) is 12.7. The van der Waals surface area contributed by atoms with E-state index in [2.05, 4.69) is 15.0 Å². The molecular formula is C19H13N3O2S2. The Balaban J connectivity index is 1.55. The molecule has 0 bridgehead atoms. The summed E-state index contributed by atoms with van der Waals surface area (Å²) in [5.41, 5.74) is 3.83. The lowest BCUT2D eigenvalue weighted by Gasteiger charge is -2.07. The van der Waals surface area contributed by atoms with Gasteiger partial charge in [-0.15, -0.1) is 11.3 Å². The molecule has 2 heterocycles. The molecule has 0 unspecified atom stereocenters. The molecule has 4 rings (SSSR count). The number of carbonyl (C=O) groups is 2. The third-order valence-electron chi connectivity index (χ3n) is 3.83. The van der Waals surface area contributed by atoms with Gasteiger partial charge >= 0.3 is 0 Å². The number of nitrogens with zero attached hydrogens (tertiary/aromatic N) is 1. The number of thiazole rings is 1. The monoisotopic (exact) mass is 379 g/mol. The maximum atomic E-state index is 12.3. The van der Waals surface area contributed by atoms with Crippen LogP contribution in [0, 0.1) is 0 Å². The van der Waals surface area contributed by atoms with Crippen LogP contribution in [0.1, 0.15) is 20.9 Å². The Morgan fingerprint density at radius 3 is 2.73 bits per heavy atom. The molecule has 1 aliphatic heterocycles. The van der Waals surface area contributed by atoms with E-state index in [4.69, 9.17) is 0 Å². The van der Waals surface area contributed by atoms with Crippen molar-refractivity contribution in [3.63, 3.8) is 0 Å². The standard InChI is InChI=1S/C19H13N3O2S2/c23-11-12-1-3-13(4-2-12)22-26-14-5-6-17-15(9-14)16(19(24)21-17)10-18-20-7-8-25-18/h1-11,22H,(H,21,24)/b16-10+. The van der Waals surface area contributed by atoms with Crippen LogP contribution in [0.5, 0.6) is 0 Å². The van der Waals surface area contributed by atoms with Gasteiger partial charge in [-0.1, -0.05) is 0 Å². The lowest BCUT2D eigenvalue weighted by atomic mass is 10.1. The highest BCUT2D eigenvalue weighted by molar-refractivity contribution is 8.00. The number of rotatable bonds is 5. The second-order valence-electron chi connectivity index (χ2n) is 5.53. The first kappa shape index (κ1) is 16.6. The van der Waals surface area contributed by atoms with Gasteiger partial charge in [0.05, 0.1) is 5.57 Å². The van der Waals surface area contributed by atoms with Gasteiger partial charge in [0.2, 0.25) is 0 Å². The molecular weight excluding hydrogens is 366 g/mol. The van der Waals surface area contributed by atoms with Crippen molar-refractivity contribution in [3.05, 3.63) is 70.2 Å². The van der Waals surface area contributed by atoms with Crippen LogP contribution in [-0.2, 0) is 4.79 Å². The SMILES string of the molecule is O=Cc1ccc(NSc2ccc3c(c2)/C(=C\c2nccs2)C(=O)N3)cc1. The maximum Gasteiger partial charge on any atom is 0.256 e. The molecule has 2 aromatic carbocycles. The summed E-state index contributed by atoms with van der Waals surface area (Å²) in [7, 11) is 0. The van der Waals surface area contributed by atoms with Crippen molar-refractivity contribution in [3.8, 4) is 0 Å². The Morgan fingerprint density at radius 1 is 1.15 bits per heavy atom.